The number of anilines is 1. The molecule has 0 saturated carbocycles. The van der Waals surface area contributed by atoms with Crippen molar-refractivity contribution in [2.45, 2.75) is 40.2 Å². The molecule has 4 nitrogen and oxygen atoms in total. The van der Waals surface area contributed by atoms with Gasteiger partial charge in [-0.1, -0.05) is 26.1 Å². The molecule has 0 spiro atoms. The molecule has 0 bridgehead atoms. The van der Waals surface area contributed by atoms with E-state index in [9.17, 15) is 0 Å². The second-order valence-corrected chi connectivity index (χ2v) is 5.41. The van der Waals surface area contributed by atoms with Gasteiger partial charge in [0, 0.05) is 13.1 Å². The van der Waals surface area contributed by atoms with Gasteiger partial charge < -0.3 is 11.1 Å². The summed E-state index contributed by atoms with van der Waals surface area (Å²) >= 11 is 5.08. The van der Waals surface area contributed by atoms with E-state index in [-0.39, 0.29) is 0 Å². The molecule has 1 heterocycles. The zero-order valence-electron chi connectivity index (χ0n) is 11.2. The Labute approximate surface area is 109 Å². The molecule has 1 aromatic rings. The van der Waals surface area contributed by atoms with Gasteiger partial charge in [0.25, 0.3) is 0 Å². The summed E-state index contributed by atoms with van der Waals surface area (Å²) < 4.78 is 1.81. The third-order valence-electron chi connectivity index (χ3n) is 2.68. The summed E-state index contributed by atoms with van der Waals surface area (Å²) in [6.45, 7) is 8.50. The molecule has 5 heteroatoms. The highest BCUT2D eigenvalue weighted by atomic mass is 32.1. The van der Waals surface area contributed by atoms with Gasteiger partial charge in [0.15, 0.2) is 0 Å². The number of aromatic nitrogens is 2. The minimum atomic E-state index is 0.373. The predicted molar refractivity (Wildman–Crippen MR) is 76.4 cm³/mol. The highest BCUT2D eigenvalue weighted by molar-refractivity contribution is 7.80. The highest BCUT2D eigenvalue weighted by Gasteiger charge is 2.17. The van der Waals surface area contributed by atoms with Crippen molar-refractivity contribution in [1.82, 2.24) is 9.78 Å². The third kappa shape index (κ3) is 3.43. The lowest BCUT2D eigenvalue weighted by Gasteiger charge is -2.18. The summed E-state index contributed by atoms with van der Waals surface area (Å²) in [5.74, 6) is 1.57. The van der Waals surface area contributed by atoms with Crippen molar-refractivity contribution in [3.8, 4) is 0 Å². The Balaban J connectivity index is 2.94. The van der Waals surface area contributed by atoms with Gasteiger partial charge in [0.2, 0.25) is 0 Å². The van der Waals surface area contributed by atoms with Crippen LogP contribution >= 0.6 is 12.2 Å². The van der Waals surface area contributed by atoms with Crippen LogP contribution in [0.1, 0.15) is 38.4 Å². The quantitative estimate of drug-likeness (QED) is 0.791. The molecule has 1 aromatic heterocycles. The molecule has 1 rings (SSSR count). The van der Waals surface area contributed by atoms with Crippen molar-refractivity contribution >= 4 is 23.0 Å². The molecule has 0 saturated heterocycles. The molecule has 0 aliphatic rings. The smallest absolute Gasteiger partial charge is 0.134 e. The average Bonchev–Trinajstić information content (AvgIpc) is 2.39. The number of hydrogen-bond acceptors (Lipinski definition) is 3. The van der Waals surface area contributed by atoms with E-state index in [1.54, 1.807) is 4.68 Å². The van der Waals surface area contributed by atoms with Crippen LogP contribution in [0.2, 0.25) is 0 Å². The number of nitrogens with zero attached hydrogens (tertiary/aromatic N) is 2. The van der Waals surface area contributed by atoms with E-state index in [1.165, 1.54) is 0 Å². The van der Waals surface area contributed by atoms with Crippen molar-refractivity contribution in [3.63, 3.8) is 0 Å². The number of aryl methyl sites for hydroxylation is 2. The lowest BCUT2D eigenvalue weighted by molar-refractivity contribution is 0.536. The first kappa shape index (κ1) is 14.0. The lowest BCUT2D eigenvalue weighted by atomic mass is 10.1. The van der Waals surface area contributed by atoms with Crippen LogP contribution in [-0.2, 0) is 7.05 Å². The topological polar surface area (TPSA) is 55.9 Å². The number of rotatable bonds is 5. The Morgan fingerprint density at radius 2 is 2.06 bits per heavy atom. The number of nitrogens with one attached hydrogen (secondary N) is 1. The molecule has 3 N–H and O–H groups in total. The molecular formula is C12H22N4S. The van der Waals surface area contributed by atoms with Crippen molar-refractivity contribution < 1.29 is 0 Å². The summed E-state index contributed by atoms with van der Waals surface area (Å²) in [6.07, 6.45) is 1.10. The van der Waals surface area contributed by atoms with Gasteiger partial charge in [-0.3, -0.25) is 4.68 Å². The molecule has 0 amide bonds. The molecule has 0 aromatic carbocycles. The number of nitrogens with two attached hydrogens (primary N) is 1. The van der Waals surface area contributed by atoms with Crippen molar-refractivity contribution in [2.75, 3.05) is 5.32 Å². The van der Waals surface area contributed by atoms with Gasteiger partial charge in [0.1, 0.15) is 10.8 Å². The number of thiocarbonyl (C=S) groups is 1. The normalized spacial score (nSPS) is 12.8. The summed E-state index contributed by atoms with van der Waals surface area (Å²) in [7, 11) is 1.90. The SMILES string of the molecule is Cc1nn(C)c(NC(C)CC(C)C)c1C(N)=S. The summed E-state index contributed by atoms with van der Waals surface area (Å²) in [5.41, 5.74) is 7.48. The first-order valence-corrected chi connectivity index (χ1v) is 6.33. The van der Waals surface area contributed by atoms with Gasteiger partial charge in [-0.2, -0.15) is 5.10 Å². The summed E-state index contributed by atoms with van der Waals surface area (Å²) in [4.78, 5) is 0.398. The fourth-order valence-electron chi connectivity index (χ4n) is 2.12. The van der Waals surface area contributed by atoms with Crippen LogP contribution in [0.4, 0.5) is 5.82 Å². The van der Waals surface area contributed by atoms with Crippen molar-refractivity contribution in [1.29, 1.82) is 0 Å². The van der Waals surface area contributed by atoms with Crippen LogP contribution < -0.4 is 11.1 Å². The Morgan fingerprint density at radius 3 is 2.53 bits per heavy atom. The molecular weight excluding hydrogens is 232 g/mol. The van der Waals surface area contributed by atoms with Crippen LogP contribution in [0.25, 0.3) is 0 Å². The predicted octanol–water partition coefficient (Wildman–Crippen LogP) is 2.21. The second kappa shape index (κ2) is 5.49. The van der Waals surface area contributed by atoms with E-state index in [2.05, 4.69) is 31.2 Å². The van der Waals surface area contributed by atoms with Gasteiger partial charge in [0.05, 0.1) is 11.3 Å². The molecule has 96 valence electrons. The second-order valence-electron chi connectivity index (χ2n) is 4.97. The molecule has 1 atom stereocenters. The first-order chi connectivity index (χ1) is 7.82. The van der Waals surface area contributed by atoms with E-state index in [4.69, 9.17) is 18.0 Å². The van der Waals surface area contributed by atoms with E-state index in [0.717, 1.165) is 23.5 Å². The largest absolute Gasteiger partial charge is 0.389 e. The zero-order valence-corrected chi connectivity index (χ0v) is 12.1. The number of hydrogen-bond donors (Lipinski definition) is 2. The van der Waals surface area contributed by atoms with Crippen LogP contribution in [-0.4, -0.2) is 20.8 Å². The van der Waals surface area contributed by atoms with Gasteiger partial charge in [-0.15, -0.1) is 0 Å². The highest BCUT2D eigenvalue weighted by Crippen LogP contribution is 2.20. The molecule has 0 aliphatic carbocycles. The van der Waals surface area contributed by atoms with E-state index in [1.807, 2.05) is 14.0 Å². The van der Waals surface area contributed by atoms with E-state index < -0.39 is 0 Å². The maximum atomic E-state index is 5.74. The molecule has 17 heavy (non-hydrogen) atoms. The van der Waals surface area contributed by atoms with E-state index >= 15 is 0 Å². The maximum absolute atomic E-state index is 5.74. The van der Waals surface area contributed by atoms with Crippen molar-refractivity contribution in [2.24, 2.45) is 18.7 Å². The zero-order chi connectivity index (χ0) is 13.2. The molecule has 1 unspecified atom stereocenters. The van der Waals surface area contributed by atoms with Crippen molar-refractivity contribution in [3.05, 3.63) is 11.3 Å². The lowest BCUT2D eigenvalue weighted by Crippen LogP contribution is -2.22. The summed E-state index contributed by atoms with van der Waals surface area (Å²) in [6, 6.07) is 0.373. The van der Waals surface area contributed by atoms with E-state index in [0.29, 0.717) is 16.9 Å². The minimum Gasteiger partial charge on any atom is -0.389 e. The molecule has 0 aliphatic heterocycles. The fourth-order valence-corrected chi connectivity index (χ4v) is 2.36. The van der Waals surface area contributed by atoms with Crippen LogP contribution in [0.3, 0.4) is 0 Å². The first-order valence-electron chi connectivity index (χ1n) is 5.92. The Kier molecular flexibility index (Phi) is 4.51. The van der Waals surface area contributed by atoms with Gasteiger partial charge in [-0.25, -0.2) is 0 Å². The standard InChI is InChI=1S/C12H22N4S/c1-7(2)6-8(3)14-12-10(11(13)17)9(4)15-16(12)5/h7-8,14H,6H2,1-5H3,(H2,13,17). The van der Waals surface area contributed by atoms with Gasteiger partial charge in [-0.05, 0) is 26.2 Å². The Morgan fingerprint density at radius 1 is 1.47 bits per heavy atom. The molecule has 0 fully saturated rings. The average molecular weight is 254 g/mol. The van der Waals surface area contributed by atoms with Crippen LogP contribution in [0.5, 0.6) is 0 Å². The monoisotopic (exact) mass is 254 g/mol. The minimum absolute atomic E-state index is 0.373. The van der Waals surface area contributed by atoms with Gasteiger partial charge >= 0.3 is 0 Å². The van der Waals surface area contributed by atoms with Crippen LogP contribution in [0, 0.1) is 12.8 Å². The fraction of sp³-hybridized carbons (Fsp3) is 0.667. The maximum Gasteiger partial charge on any atom is 0.134 e. The van der Waals surface area contributed by atoms with Crippen LogP contribution in [0.15, 0.2) is 0 Å². The Bertz CT molecular complexity index is 409. The molecule has 0 radical (unpaired) electrons. The Hall–Kier alpha value is -1.10. The summed E-state index contributed by atoms with van der Waals surface area (Å²) in [5, 5.41) is 7.80. The third-order valence-corrected chi connectivity index (χ3v) is 2.88.